The summed E-state index contributed by atoms with van der Waals surface area (Å²) in [5, 5.41) is 16.5. The van der Waals surface area contributed by atoms with E-state index in [2.05, 4.69) is 10.6 Å². The van der Waals surface area contributed by atoms with Crippen LogP contribution in [0.25, 0.3) is 21.9 Å². The fourth-order valence-electron chi connectivity index (χ4n) is 3.36. The minimum Gasteiger partial charge on any atom is -0.508 e. The van der Waals surface area contributed by atoms with Crippen LogP contribution in [-0.2, 0) is 0 Å². The second kappa shape index (κ2) is 8.45. The lowest BCUT2D eigenvalue weighted by Gasteiger charge is -2.14. The normalized spacial score (nSPS) is 10.6. The van der Waals surface area contributed by atoms with Crippen molar-refractivity contribution in [2.24, 2.45) is 0 Å². The molecule has 0 aliphatic heterocycles. The van der Waals surface area contributed by atoms with Gasteiger partial charge in [0.15, 0.2) is 0 Å². The number of urea groups is 1. The van der Waals surface area contributed by atoms with Crippen molar-refractivity contribution in [3.05, 3.63) is 95.3 Å². The predicted molar refractivity (Wildman–Crippen MR) is 119 cm³/mol. The van der Waals surface area contributed by atoms with Gasteiger partial charge >= 0.3 is 6.03 Å². The van der Waals surface area contributed by atoms with E-state index < -0.39 is 23.3 Å². The summed E-state index contributed by atoms with van der Waals surface area (Å²) in [4.78, 5) is 24.8. The van der Waals surface area contributed by atoms with Crippen LogP contribution in [0.3, 0.4) is 0 Å². The Kier molecular flexibility index (Phi) is 5.56. The molecule has 4 aromatic rings. The molecule has 0 spiro atoms. The highest BCUT2D eigenvalue weighted by Gasteiger charge is 2.19. The van der Waals surface area contributed by atoms with Gasteiger partial charge in [0.25, 0.3) is 5.91 Å². The summed E-state index contributed by atoms with van der Waals surface area (Å²) in [5.74, 6) is -1.78. The Morgan fingerprint density at radius 3 is 2.42 bits per heavy atom. The van der Waals surface area contributed by atoms with Gasteiger partial charge in [0.05, 0.1) is 16.3 Å². The summed E-state index contributed by atoms with van der Waals surface area (Å²) in [7, 11) is 0. The first-order chi connectivity index (χ1) is 14.9. The van der Waals surface area contributed by atoms with Gasteiger partial charge in [-0.3, -0.25) is 10.1 Å². The van der Waals surface area contributed by atoms with Crippen molar-refractivity contribution >= 4 is 40.0 Å². The maximum absolute atomic E-state index is 14.0. The number of hydrogen-bond acceptors (Lipinski definition) is 3. The van der Waals surface area contributed by atoms with Crippen molar-refractivity contribution in [3.8, 4) is 16.9 Å². The minimum absolute atomic E-state index is 0.0168. The number of carbonyl (C=O) groups excluding carboxylic acids is 2. The fourth-order valence-corrected chi connectivity index (χ4v) is 3.61. The largest absolute Gasteiger partial charge is 0.508 e. The third kappa shape index (κ3) is 4.20. The number of halogens is 2. The number of benzene rings is 4. The van der Waals surface area contributed by atoms with E-state index in [0.717, 1.165) is 22.4 Å². The van der Waals surface area contributed by atoms with E-state index in [-0.39, 0.29) is 10.8 Å². The number of amides is 3. The summed E-state index contributed by atoms with van der Waals surface area (Å²) in [6, 6.07) is 20.8. The van der Waals surface area contributed by atoms with Crippen LogP contribution >= 0.6 is 11.6 Å². The van der Waals surface area contributed by atoms with E-state index in [9.17, 15) is 19.1 Å². The molecule has 3 amide bonds. The Labute approximate surface area is 182 Å². The predicted octanol–water partition coefficient (Wildman–Crippen LogP) is 5.97. The van der Waals surface area contributed by atoms with Crippen molar-refractivity contribution in [1.82, 2.24) is 5.32 Å². The Hall–Kier alpha value is -3.90. The Balaban J connectivity index is 1.65. The number of imide groups is 1. The third-order valence-corrected chi connectivity index (χ3v) is 5.06. The molecule has 5 nitrogen and oxygen atoms in total. The van der Waals surface area contributed by atoms with Gasteiger partial charge in [-0.15, -0.1) is 0 Å². The van der Waals surface area contributed by atoms with E-state index in [0.29, 0.717) is 11.3 Å². The van der Waals surface area contributed by atoms with Crippen LogP contribution in [0.5, 0.6) is 5.75 Å². The van der Waals surface area contributed by atoms with Crippen LogP contribution in [0.15, 0.2) is 78.9 Å². The molecule has 0 radical (unpaired) electrons. The lowest BCUT2D eigenvalue weighted by Crippen LogP contribution is -2.35. The molecule has 0 unspecified atom stereocenters. The Morgan fingerprint density at radius 2 is 1.61 bits per heavy atom. The number of hydrogen-bond donors (Lipinski definition) is 3. The number of anilines is 1. The summed E-state index contributed by atoms with van der Waals surface area (Å²) < 4.78 is 14.0. The maximum atomic E-state index is 14.0. The van der Waals surface area contributed by atoms with E-state index >= 15 is 0 Å². The second-order valence-corrected chi connectivity index (χ2v) is 7.17. The zero-order chi connectivity index (χ0) is 22.0. The molecule has 3 N–H and O–H groups in total. The minimum atomic E-state index is -0.967. The fraction of sp³-hybridized carbons (Fsp3) is 0. The highest BCUT2D eigenvalue weighted by molar-refractivity contribution is 6.34. The van der Waals surface area contributed by atoms with Crippen molar-refractivity contribution in [2.75, 3.05) is 5.32 Å². The van der Waals surface area contributed by atoms with Gasteiger partial charge in [-0.05, 0) is 46.7 Å². The van der Waals surface area contributed by atoms with Gasteiger partial charge in [0.2, 0.25) is 0 Å². The summed E-state index contributed by atoms with van der Waals surface area (Å²) in [6.07, 6.45) is 0. The molecule has 0 saturated heterocycles. The molecule has 0 heterocycles. The molecule has 0 atom stereocenters. The second-order valence-electron chi connectivity index (χ2n) is 6.76. The van der Waals surface area contributed by atoms with Gasteiger partial charge in [-0.1, -0.05) is 60.1 Å². The van der Waals surface area contributed by atoms with Gasteiger partial charge in [-0.25, -0.2) is 9.18 Å². The quantitative estimate of drug-likeness (QED) is 0.348. The average molecular weight is 435 g/mol. The molecule has 7 heteroatoms. The standard InChI is InChI=1S/C24H16ClFN2O3/c25-19-9-4-10-20(26)22(19)23(30)28-24(31)27-21-12-11-15(29)13-18(21)17-8-3-6-14-5-1-2-7-16(14)17/h1-13,29H,(H2,27,28,30,31). The summed E-state index contributed by atoms with van der Waals surface area (Å²) in [5.41, 5.74) is 1.29. The maximum Gasteiger partial charge on any atom is 0.326 e. The molecule has 4 aromatic carbocycles. The first kappa shape index (κ1) is 20.4. The lowest BCUT2D eigenvalue weighted by molar-refractivity contribution is 0.0963. The first-order valence-electron chi connectivity index (χ1n) is 9.31. The molecule has 0 aliphatic rings. The Morgan fingerprint density at radius 1 is 0.871 bits per heavy atom. The lowest BCUT2D eigenvalue weighted by atomic mass is 9.97. The third-order valence-electron chi connectivity index (χ3n) is 4.75. The number of phenols is 1. The molecular weight excluding hydrogens is 419 g/mol. The van der Waals surface area contributed by atoms with Gasteiger partial charge < -0.3 is 10.4 Å². The number of aromatic hydroxyl groups is 1. The topological polar surface area (TPSA) is 78.4 Å². The van der Waals surface area contributed by atoms with Crippen LogP contribution in [0.4, 0.5) is 14.9 Å². The van der Waals surface area contributed by atoms with Crippen LogP contribution in [0.2, 0.25) is 5.02 Å². The number of rotatable bonds is 3. The summed E-state index contributed by atoms with van der Waals surface area (Å²) >= 11 is 5.89. The van der Waals surface area contributed by atoms with E-state index in [1.54, 1.807) is 0 Å². The zero-order valence-corrected chi connectivity index (χ0v) is 16.8. The van der Waals surface area contributed by atoms with E-state index in [4.69, 9.17) is 11.6 Å². The van der Waals surface area contributed by atoms with Gasteiger partial charge in [-0.2, -0.15) is 0 Å². The average Bonchev–Trinajstić information content (AvgIpc) is 2.74. The SMILES string of the molecule is O=C(NC(=O)c1c(F)cccc1Cl)Nc1ccc(O)cc1-c1cccc2ccccc12. The zero-order valence-electron chi connectivity index (χ0n) is 16.0. The smallest absolute Gasteiger partial charge is 0.326 e. The molecular formula is C24H16ClFN2O3. The number of carbonyl (C=O) groups is 2. The van der Waals surface area contributed by atoms with Crippen LogP contribution in [0.1, 0.15) is 10.4 Å². The van der Waals surface area contributed by atoms with E-state index in [1.165, 1.54) is 30.3 Å². The molecule has 0 saturated carbocycles. The number of nitrogens with one attached hydrogen (secondary N) is 2. The number of phenolic OH excluding ortho intramolecular Hbond substituents is 1. The van der Waals surface area contributed by atoms with Crippen molar-refractivity contribution in [2.45, 2.75) is 0 Å². The van der Waals surface area contributed by atoms with Crippen molar-refractivity contribution in [1.29, 1.82) is 0 Å². The molecule has 0 bridgehead atoms. The molecule has 154 valence electrons. The highest BCUT2D eigenvalue weighted by atomic mass is 35.5. The summed E-state index contributed by atoms with van der Waals surface area (Å²) in [6.45, 7) is 0. The van der Waals surface area contributed by atoms with Gasteiger partial charge in [0, 0.05) is 5.56 Å². The highest BCUT2D eigenvalue weighted by Crippen LogP contribution is 2.36. The molecule has 4 rings (SSSR count). The van der Waals surface area contributed by atoms with Crippen molar-refractivity contribution < 1.29 is 19.1 Å². The van der Waals surface area contributed by atoms with Crippen LogP contribution < -0.4 is 10.6 Å². The first-order valence-corrected chi connectivity index (χ1v) is 9.69. The monoisotopic (exact) mass is 434 g/mol. The van der Waals surface area contributed by atoms with E-state index in [1.807, 2.05) is 42.5 Å². The molecule has 0 aromatic heterocycles. The van der Waals surface area contributed by atoms with Gasteiger partial charge in [0.1, 0.15) is 11.6 Å². The Bertz CT molecular complexity index is 1300. The number of fused-ring (bicyclic) bond motifs is 1. The van der Waals surface area contributed by atoms with Crippen LogP contribution in [0, 0.1) is 5.82 Å². The molecule has 31 heavy (non-hydrogen) atoms. The van der Waals surface area contributed by atoms with Crippen molar-refractivity contribution in [3.63, 3.8) is 0 Å². The van der Waals surface area contributed by atoms with Crippen LogP contribution in [-0.4, -0.2) is 17.0 Å². The molecule has 0 aliphatic carbocycles. The molecule has 0 fully saturated rings.